The molecule has 3 rings (SSSR count). The van der Waals surface area contributed by atoms with Gasteiger partial charge in [0.15, 0.2) is 6.10 Å². The largest absolute Gasteiger partial charge is 0.448 e. The van der Waals surface area contributed by atoms with Crippen molar-refractivity contribution in [3.8, 4) is 0 Å². The Bertz CT molecular complexity index is 510. The average molecular weight is 293 g/mol. The maximum Gasteiger partial charge on any atom is 0.349 e. The molecule has 5 heteroatoms. The van der Waals surface area contributed by atoms with Gasteiger partial charge in [-0.1, -0.05) is 0 Å². The van der Waals surface area contributed by atoms with Gasteiger partial charge in [0.2, 0.25) is 0 Å². The summed E-state index contributed by atoms with van der Waals surface area (Å²) in [7, 11) is 0. The van der Waals surface area contributed by atoms with Gasteiger partial charge in [-0.2, -0.15) is 0 Å². The molecule has 1 fully saturated rings. The van der Waals surface area contributed by atoms with Crippen molar-refractivity contribution < 1.29 is 14.3 Å². The van der Waals surface area contributed by atoms with Crippen LogP contribution in [0.15, 0.2) is 6.07 Å². The van der Waals surface area contributed by atoms with Gasteiger partial charge in [0, 0.05) is 10.9 Å². The molecule has 0 spiro atoms. The molecular formula is C15H19NO3S. The van der Waals surface area contributed by atoms with E-state index in [4.69, 9.17) is 4.74 Å². The van der Waals surface area contributed by atoms with Crippen LogP contribution >= 0.6 is 11.3 Å². The Labute approximate surface area is 122 Å². The van der Waals surface area contributed by atoms with Crippen LogP contribution in [0.4, 0.5) is 0 Å². The van der Waals surface area contributed by atoms with Gasteiger partial charge >= 0.3 is 5.97 Å². The van der Waals surface area contributed by atoms with Gasteiger partial charge in [0.1, 0.15) is 4.88 Å². The number of amides is 1. The molecule has 1 saturated carbocycles. The molecule has 1 atom stereocenters. The third kappa shape index (κ3) is 3.03. The standard InChI is InChI=1S/C15H19NO3S/c1-9(14(17)16-11-6-7-11)19-15(18)13-8-10-4-2-3-5-12(10)20-13/h8-9,11H,2-7H2,1H3,(H,16,17)/t9-/m0/s1. The second-order valence-corrected chi connectivity index (χ2v) is 6.73. The van der Waals surface area contributed by atoms with Gasteiger partial charge in [-0.3, -0.25) is 4.79 Å². The van der Waals surface area contributed by atoms with Crippen molar-refractivity contribution >= 4 is 23.2 Å². The Morgan fingerprint density at radius 2 is 2.10 bits per heavy atom. The lowest BCUT2D eigenvalue weighted by molar-refractivity contribution is -0.129. The second-order valence-electron chi connectivity index (χ2n) is 5.60. The van der Waals surface area contributed by atoms with Crippen LogP contribution in [0.3, 0.4) is 0 Å². The molecule has 1 aromatic rings. The van der Waals surface area contributed by atoms with E-state index in [9.17, 15) is 9.59 Å². The number of thiophene rings is 1. The van der Waals surface area contributed by atoms with Crippen LogP contribution in [0.2, 0.25) is 0 Å². The maximum atomic E-state index is 12.1. The van der Waals surface area contributed by atoms with Crippen molar-refractivity contribution in [2.75, 3.05) is 0 Å². The molecule has 1 amide bonds. The molecule has 1 heterocycles. The molecule has 4 nitrogen and oxygen atoms in total. The van der Waals surface area contributed by atoms with Gasteiger partial charge in [-0.05, 0) is 57.1 Å². The van der Waals surface area contributed by atoms with Crippen LogP contribution in [0, 0.1) is 0 Å². The molecular weight excluding hydrogens is 274 g/mol. The number of ether oxygens (including phenoxy) is 1. The van der Waals surface area contributed by atoms with Crippen molar-refractivity contribution in [2.45, 2.75) is 57.6 Å². The van der Waals surface area contributed by atoms with E-state index in [1.54, 1.807) is 6.92 Å². The maximum absolute atomic E-state index is 12.1. The molecule has 2 aliphatic carbocycles. The number of esters is 1. The molecule has 0 aromatic carbocycles. The van der Waals surface area contributed by atoms with Crippen molar-refractivity contribution in [2.24, 2.45) is 0 Å². The first kappa shape index (κ1) is 13.6. The van der Waals surface area contributed by atoms with Crippen molar-refractivity contribution in [1.82, 2.24) is 5.32 Å². The van der Waals surface area contributed by atoms with Crippen LogP contribution in [0.25, 0.3) is 0 Å². The minimum absolute atomic E-state index is 0.192. The topological polar surface area (TPSA) is 55.4 Å². The average Bonchev–Trinajstić information content (AvgIpc) is 3.13. The highest BCUT2D eigenvalue weighted by atomic mass is 32.1. The zero-order chi connectivity index (χ0) is 14.1. The molecule has 20 heavy (non-hydrogen) atoms. The Morgan fingerprint density at radius 3 is 2.80 bits per heavy atom. The van der Waals surface area contributed by atoms with E-state index in [0.717, 1.165) is 25.7 Å². The van der Waals surface area contributed by atoms with E-state index >= 15 is 0 Å². The summed E-state index contributed by atoms with van der Waals surface area (Å²) in [5.41, 5.74) is 1.28. The van der Waals surface area contributed by atoms with Crippen LogP contribution in [-0.4, -0.2) is 24.0 Å². The monoisotopic (exact) mass is 293 g/mol. The van der Waals surface area contributed by atoms with E-state index in [1.165, 1.54) is 34.6 Å². The number of rotatable bonds is 4. The molecule has 1 N–H and O–H groups in total. The van der Waals surface area contributed by atoms with Gasteiger partial charge < -0.3 is 10.1 Å². The summed E-state index contributed by atoms with van der Waals surface area (Å²) in [6.45, 7) is 1.63. The number of fused-ring (bicyclic) bond motifs is 1. The lowest BCUT2D eigenvalue weighted by atomic mass is 9.99. The summed E-state index contributed by atoms with van der Waals surface area (Å²) >= 11 is 1.52. The zero-order valence-electron chi connectivity index (χ0n) is 11.6. The summed E-state index contributed by atoms with van der Waals surface area (Å²) in [5.74, 6) is -0.565. The second kappa shape index (κ2) is 5.56. The van der Waals surface area contributed by atoms with Crippen LogP contribution in [0.5, 0.6) is 0 Å². The molecule has 1 aromatic heterocycles. The number of nitrogens with one attached hydrogen (secondary N) is 1. The normalized spacial score (nSPS) is 19.1. The first-order chi connectivity index (χ1) is 9.63. The molecule has 2 aliphatic rings. The molecule has 0 unspecified atom stereocenters. The first-order valence-electron chi connectivity index (χ1n) is 7.26. The molecule has 108 valence electrons. The Morgan fingerprint density at radius 1 is 1.35 bits per heavy atom. The van der Waals surface area contributed by atoms with E-state index in [-0.39, 0.29) is 17.9 Å². The van der Waals surface area contributed by atoms with E-state index in [2.05, 4.69) is 5.32 Å². The summed E-state index contributed by atoms with van der Waals surface area (Å²) in [6.07, 6.45) is 5.85. The van der Waals surface area contributed by atoms with E-state index in [0.29, 0.717) is 4.88 Å². The Hall–Kier alpha value is -1.36. The van der Waals surface area contributed by atoms with Crippen molar-refractivity contribution in [1.29, 1.82) is 0 Å². The Kier molecular flexibility index (Phi) is 3.78. The Balaban J connectivity index is 1.60. The van der Waals surface area contributed by atoms with E-state index in [1.807, 2.05) is 6.07 Å². The number of hydrogen-bond donors (Lipinski definition) is 1. The fraction of sp³-hybridized carbons (Fsp3) is 0.600. The molecule has 0 saturated heterocycles. The molecule has 0 radical (unpaired) electrons. The van der Waals surface area contributed by atoms with Gasteiger partial charge in [-0.25, -0.2) is 4.79 Å². The van der Waals surface area contributed by atoms with Crippen molar-refractivity contribution in [3.05, 3.63) is 21.4 Å². The number of aryl methyl sites for hydroxylation is 2. The lowest BCUT2D eigenvalue weighted by Gasteiger charge is -2.12. The lowest BCUT2D eigenvalue weighted by Crippen LogP contribution is -2.36. The third-order valence-corrected chi connectivity index (χ3v) is 4.99. The van der Waals surface area contributed by atoms with E-state index < -0.39 is 6.10 Å². The summed E-state index contributed by atoms with van der Waals surface area (Å²) in [4.78, 5) is 25.8. The predicted molar refractivity (Wildman–Crippen MR) is 77.0 cm³/mol. The fourth-order valence-corrected chi connectivity index (χ4v) is 3.55. The number of carbonyl (C=O) groups excluding carboxylic acids is 2. The van der Waals surface area contributed by atoms with Gasteiger partial charge in [0.05, 0.1) is 0 Å². The minimum Gasteiger partial charge on any atom is -0.448 e. The van der Waals surface area contributed by atoms with Gasteiger partial charge in [0.25, 0.3) is 5.91 Å². The fourth-order valence-electron chi connectivity index (χ4n) is 2.41. The minimum atomic E-state index is -0.720. The van der Waals surface area contributed by atoms with Crippen molar-refractivity contribution in [3.63, 3.8) is 0 Å². The zero-order valence-corrected chi connectivity index (χ0v) is 12.4. The number of carbonyl (C=O) groups is 2. The highest BCUT2D eigenvalue weighted by Crippen LogP contribution is 2.30. The summed E-state index contributed by atoms with van der Waals surface area (Å²) < 4.78 is 5.26. The van der Waals surface area contributed by atoms with Gasteiger partial charge in [-0.15, -0.1) is 11.3 Å². The first-order valence-corrected chi connectivity index (χ1v) is 8.08. The molecule has 0 aliphatic heterocycles. The highest BCUT2D eigenvalue weighted by Gasteiger charge is 2.28. The predicted octanol–water partition coefficient (Wildman–Crippen LogP) is 2.45. The smallest absolute Gasteiger partial charge is 0.349 e. The van der Waals surface area contributed by atoms with Crippen LogP contribution in [-0.2, 0) is 22.4 Å². The van der Waals surface area contributed by atoms with Crippen LogP contribution < -0.4 is 5.32 Å². The quantitative estimate of drug-likeness (QED) is 0.868. The van der Waals surface area contributed by atoms with Crippen LogP contribution in [0.1, 0.15) is 52.7 Å². The highest BCUT2D eigenvalue weighted by molar-refractivity contribution is 7.14. The molecule has 0 bridgehead atoms. The summed E-state index contributed by atoms with van der Waals surface area (Å²) in [6, 6.07) is 2.23. The SMILES string of the molecule is C[C@H](OC(=O)c1cc2c(s1)CCCC2)C(=O)NC1CC1. The summed E-state index contributed by atoms with van der Waals surface area (Å²) in [5, 5.41) is 2.85. The number of hydrogen-bond acceptors (Lipinski definition) is 4. The third-order valence-electron chi connectivity index (χ3n) is 3.77.